The second kappa shape index (κ2) is 11.3. The summed E-state index contributed by atoms with van der Waals surface area (Å²) in [6.07, 6.45) is 1.84. The highest BCUT2D eigenvalue weighted by Gasteiger charge is 2.42. The molecule has 0 bridgehead atoms. The van der Waals surface area contributed by atoms with Crippen molar-refractivity contribution in [3.05, 3.63) is 131 Å². The van der Waals surface area contributed by atoms with E-state index in [1.54, 1.807) is 0 Å². The maximum Gasteiger partial charge on any atom is 0.174 e. The molecule has 7 heteroatoms. The van der Waals surface area contributed by atoms with Gasteiger partial charge in [0.15, 0.2) is 5.11 Å². The van der Waals surface area contributed by atoms with Gasteiger partial charge in [-0.25, -0.2) is 0 Å². The number of hydrogen-bond donors (Lipinski definition) is 1. The summed E-state index contributed by atoms with van der Waals surface area (Å²) in [5.74, 6) is 1.59. The minimum atomic E-state index is -0.118. The van der Waals surface area contributed by atoms with Crippen LogP contribution in [0.15, 0.2) is 103 Å². The van der Waals surface area contributed by atoms with E-state index in [0.29, 0.717) is 5.11 Å². The molecule has 0 aliphatic carbocycles. The molecule has 0 amide bonds. The van der Waals surface area contributed by atoms with E-state index >= 15 is 0 Å². The van der Waals surface area contributed by atoms with Crippen LogP contribution < -0.4 is 19.9 Å². The topological polar surface area (TPSA) is 45.6 Å². The van der Waals surface area contributed by atoms with Crippen molar-refractivity contribution in [2.24, 2.45) is 0 Å². The fourth-order valence-electron chi connectivity index (χ4n) is 5.75. The van der Waals surface area contributed by atoms with Crippen LogP contribution in [-0.2, 0) is 0 Å². The molecule has 0 spiro atoms. The number of nitrogens with zero attached hydrogens (tertiary/aromatic N) is 4. The molecule has 1 aliphatic rings. The van der Waals surface area contributed by atoms with Crippen molar-refractivity contribution in [1.82, 2.24) is 14.9 Å². The van der Waals surface area contributed by atoms with E-state index in [-0.39, 0.29) is 12.1 Å². The Hall–Kier alpha value is -4.62. The van der Waals surface area contributed by atoms with E-state index in [9.17, 15) is 0 Å². The lowest BCUT2D eigenvalue weighted by Crippen LogP contribution is -2.29. The van der Waals surface area contributed by atoms with Crippen LogP contribution >= 0.6 is 12.2 Å². The Bertz CT molecular complexity index is 1690. The maximum absolute atomic E-state index is 6.11. The number of thiocarbonyl (C=S) groups is 1. The third-order valence-corrected chi connectivity index (χ3v) is 8.20. The largest absolute Gasteiger partial charge is 0.457 e. The zero-order valence-electron chi connectivity index (χ0n) is 24.6. The molecule has 42 heavy (non-hydrogen) atoms. The third-order valence-electron chi connectivity index (χ3n) is 7.88. The number of hydrogen-bond acceptors (Lipinski definition) is 4. The summed E-state index contributed by atoms with van der Waals surface area (Å²) in [6.45, 7) is 6.42. The summed E-state index contributed by atoms with van der Waals surface area (Å²) in [7, 11) is 4.12. The molecule has 1 aliphatic heterocycles. The summed E-state index contributed by atoms with van der Waals surface area (Å²) in [6, 6.07) is 33.0. The number of aromatic nitrogens is 2. The Kier molecular flexibility index (Phi) is 7.43. The number of pyridine rings is 1. The lowest BCUT2D eigenvalue weighted by atomic mass is 9.96. The van der Waals surface area contributed by atoms with Gasteiger partial charge in [0, 0.05) is 48.7 Å². The van der Waals surface area contributed by atoms with Gasteiger partial charge in [0.2, 0.25) is 0 Å². The Morgan fingerprint density at radius 3 is 2.07 bits per heavy atom. The van der Waals surface area contributed by atoms with Gasteiger partial charge in [-0.05, 0) is 117 Å². The van der Waals surface area contributed by atoms with Gasteiger partial charge < -0.3 is 24.4 Å². The van der Waals surface area contributed by atoms with Crippen molar-refractivity contribution in [2.45, 2.75) is 32.9 Å². The summed E-state index contributed by atoms with van der Waals surface area (Å²) in [4.78, 5) is 9.06. The quantitative estimate of drug-likeness (QED) is 0.200. The molecule has 3 aromatic carbocycles. The molecule has 3 heterocycles. The van der Waals surface area contributed by atoms with Crippen molar-refractivity contribution in [3.63, 3.8) is 0 Å². The van der Waals surface area contributed by atoms with Gasteiger partial charge in [0.1, 0.15) is 11.5 Å². The molecule has 212 valence electrons. The number of aryl methyl sites for hydroxylation is 2. The van der Waals surface area contributed by atoms with Crippen molar-refractivity contribution < 1.29 is 4.74 Å². The average molecular weight is 574 g/mol. The molecular formula is C35H35N5OS. The van der Waals surface area contributed by atoms with Crippen molar-refractivity contribution in [3.8, 4) is 17.2 Å². The molecule has 0 saturated carbocycles. The van der Waals surface area contributed by atoms with E-state index in [2.05, 4.69) is 103 Å². The van der Waals surface area contributed by atoms with Gasteiger partial charge in [-0.3, -0.25) is 4.98 Å². The fourth-order valence-corrected chi connectivity index (χ4v) is 6.10. The molecule has 0 radical (unpaired) electrons. The number of nitrogens with one attached hydrogen (secondary N) is 1. The highest BCUT2D eigenvalue weighted by Crippen LogP contribution is 2.44. The molecule has 5 aromatic rings. The van der Waals surface area contributed by atoms with Crippen LogP contribution in [0.4, 0.5) is 11.4 Å². The van der Waals surface area contributed by atoms with Crippen LogP contribution in [0.5, 0.6) is 11.5 Å². The first-order chi connectivity index (χ1) is 20.3. The fraction of sp³-hybridized carbons (Fsp3) is 0.200. The number of benzene rings is 3. The van der Waals surface area contributed by atoms with E-state index in [1.807, 2.05) is 54.7 Å². The lowest BCUT2D eigenvalue weighted by Gasteiger charge is -2.28. The lowest BCUT2D eigenvalue weighted by molar-refractivity contribution is 0.482. The van der Waals surface area contributed by atoms with Crippen molar-refractivity contribution in [1.29, 1.82) is 0 Å². The second-order valence-electron chi connectivity index (χ2n) is 11.0. The third kappa shape index (κ3) is 5.23. The molecule has 2 unspecified atom stereocenters. The van der Waals surface area contributed by atoms with E-state index in [0.717, 1.165) is 28.6 Å². The Morgan fingerprint density at radius 2 is 1.45 bits per heavy atom. The zero-order valence-corrected chi connectivity index (χ0v) is 25.4. The standard InChI is InChI=1S/C35H35N5OS/c1-23-9-17-29(18-10-23)41-30-19-15-28(16-20-30)40-34(33(37-35(40)42)32-8-6-7-21-36-32)31-22-24(2)39(25(31)3)27-13-11-26(12-14-27)38(4)5/h6-22,33-34H,1-5H3,(H,37,42). The van der Waals surface area contributed by atoms with Crippen LogP contribution in [0.2, 0.25) is 0 Å². The van der Waals surface area contributed by atoms with Gasteiger partial charge in [0.05, 0.1) is 17.8 Å². The highest BCUT2D eigenvalue weighted by atomic mass is 32.1. The van der Waals surface area contributed by atoms with Crippen molar-refractivity contribution >= 4 is 28.7 Å². The Morgan fingerprint density at radius 1 is 0.810 bits per heavy atom. The summed E-state index contributed by atoms with van der Waals surface area (Å²) in [5, 5.41) is 4.26. The first kappa shape index (κ1) is 27.5. The molecule has 1 N–H and O–H groups in total. The van der Waals surface area contributed by atoms with Gasteiger partial charge in [-0.2, -0.15) is 0 Å². The van der Waals surface area contributed by atoms with E-state index in [1.165, 1.54) is 28.2 Å². The van der Waals surface area contributed by atoms with Gasteiger partial charge in [-0.15, -0.1) is 0 Å². The summed E-state index contributed by atoms with van der Waals surface area (Å²) >= 11 is 5.99. The van der Waals surface area contributed by atoms with Crippen LogP contribution in [0.1, 0.15) is 40.3 Å². The minimum Gasteiger partial charge on any atom is -0.457 e. The SMILES string of the molecule is Cc1ccc(Oc2ccc(N3C(=S)NC(c4ccccn4)C3c3cc(C)n(-c4ccc(N(C)C)cc4)c3C)cc2)cc1. The van der Waals surface area contributed by atoms with Gasteiger partial charge in [-0.1, -0.05) is 23.8 Å². The van der Waals surface area contributed by atoms with E-state index < -0.39 is 0 Å². The van der Waals surface area contributed by atoms with Crippen LogP contribution in [0.3, 0.4) is 0 Å². The number of rotatable bonds is 7. The van der Waals surface area contributed by atoms with Gasteiger partial charge in [0.25, 0.3) is 0 Å². The first-order valence-corrected chi connectivity index (χ1v) is 14.5. The average Bonchev–Trinajstić information content (AvgIpc) is 3.49. The summed E-state index contributed by atoms with van der Waals surface area (Å²) in [5.41, 5.74) is 8.99. The predicted octanol–water partition coefficient (Wildman–Crippen LogP) is 7.83. The normalized spacial score (nSPS) is 16.4. The highest BCUT2D eigenvalue weighted by molar-refractivity contribution is 7.80. The maximum atomic E-state index is 6.11. The monoisotopic (exact) mass is 573 g/mol. The Balaban J connectivity index is 1.39. The number of ether oxygens (including phenoxy) is 1. The molecule has 6 rings (SSSR count). The molecule has 2 aromatic heterocycles. The molecular weight excluding hydrogens is 538 g/mol. The van der Waals surface area contributed by atoms with Crippen LogP contribution in [0.25, 0.3) is 5.69 Å². The Labute approximate surface area is 253 Å². The van der Waals surface area contributed by atoms with E-state index in [4.69, 9.17) is 21.9 Å². The molecule has 2 atom stereocenters. The van der Waals surface area contributed by atoms with Crippen LogP contribution in [0, 0.1) is 20.8 Å². The second-order valence-corrected chi connectivity index (χ2v) is 11.4. The smallest absolute Gasteiger partial charge is 0.174 e. The van der Waals surface area contributed by atoms with Crippen molar-refractivity contribution in [2.75, 3.05) is 23.9 Å². The predicted molar refractivity (Wildman–Crippen MR) is 175 cm³/mol. The van der Waals surface area contributed by atoms with Crippen LogP contribution in [-0.4, -0.2) is 28.8 Å². The molecule has 1 saturated heterocycles. The summed E-state index contributed by atoms with van der Waals surface area (Å²) < 4.78 is 8.43. The molecule has 1 fully saturated rings. The first-order valence-electron chi connectivity index (χ1n) is 14.1. The van der Waals surface area contributed by atoms with Gasteiger partial charge >= 0.3 is 0 Å². The zero-order chi connectivity index (χ0) is 29.4. The molecule has 6 nitrogen and oxygen atoms in total. The minimum absolute atomic E-state index is 0.0998. The number of anilines is 2.